The van der Waals surface area contributed by atoms with Gasteiger partial charge >= 0.3 is 5.97 Å². The molecule has 0 amide bonds. The normalized spacial score (nSPS) is 16.2. The maximum atomic E-state index is 13.5. The number of pyridine rings is 2. The van der Waals surface area contributed by atoms with Crippen molar-refractivity contribution in [2.75, 3.05) is 33.4 Å². The number of methoxy groups -OCH3 is 1. The lowest BCUT2D eigenvalue weighted by molar-refractivity contribution is -0.149. The molecular formula is C23H31N3O5. The molecule has 0 radical (unpaired) electrons. The fourth-order valence-electron chi connectivity index (χ4n) is 4.19. The maximum absolute atomic E-state index is 13.5. The van der Waals surface area contributed by atoms with E-state index in [0.717, 1.165) is 0 Å². The van der Waals surface area contributed by atoms with Crippen molar-refractivity contribution in [1.29, 1.82) is 0 Å². The molecule has 168 valence electrons. The third kappa shape index (κ3) is 5.14. The average molecular weight is 430 g/mol. The van der Waals surface area contributed by atoms with E-state index < -0.39 is 6.04 Å². The van der Waals surface area contributed by atoms with Crippen molar-refractivity contribution in [2.24, 2.45) is 5.92 Å². The van der Waals surface area contributed by atoms with Gasteiger partial charge in [0.2, 0.25) is 0 Å². The van der Waals surface area contributed by atoms with E-state index >= 15 is 0 Å². The smallest absolute Gasteiger partial charge is 0.309 e. The van der Waals surface area contributed by atoms with Crippen LogP contribution >= 0.6 is 0 Å². The molecule has 1 aliphatic rings. The second kappa shape index (κ2) is 10.5. The highest BCUT2D eigenvalue weighted by molar-refractivity contribution is 5.72. The highest BCUT2D eigenvalue weighted by Gasteiger charge is 2.34. The summed E-state index contributed by atoms with van der Waals surface area (Å²) in [5.41, 5.74) is 1.41. The van der Waals surface area contributed by atoms with Crippen molar-refractivity contribution in [2.45, 2.75) is 39.3 Å². The van der Waals surface area contributed by atoms with Crippen LogP contribution in [0.15, 0.2) is 35.3 Å². The average Bonchev–Trinajstić information content (AvgIpc) is 2.77. The maximum Gasteiger partial charge on any atom is 0.309 e. The molecule has 1 aliphatic heterocycles. The summed E-state index contributed by atoms with van der Waals surface area (Å²) in [7, 11) is 1.59. The first-order valence-corrected chi connectivity index (χ1v) is 10.7. The topological polar surface area (TPSA) is 93.9 Å². The summed E-state index contributed by atoms with van der Waals surface area (Å²) >= 11 is 0. The first-order valence-electron chi connectivity index (χ1n) is 10.7. The van der Waals surface area contributed by atoms with Crippen LogP contribution in [-0.4, -0.2) is 58.9 Å². The molecule has 2 aromatic heterocycles. The van der Waals surface area contributed by atoms with Gasteiger partial charge in [0, 0.05) is 25.5 Å². The van der Waals surface area contributed by atoms with Gasteiger partial charge in [-0.05, 0) is 58.0 Å². The SMILES string of the molecule is CCOC(=O)C1CCN([C@@H](c2ccccn2)c2c(O)cc(C)n(CCOC)c2=O)CC1. The summed E-state index contributed by atoms with van der Waals surface area (Å²) in [4.78, 5) is 32.2. The molecule has 0 aliphatic carbocycles. The van der Waals surface area contributed by atoms with E-state index in [1.807, 2.05) is 18.2 Å². The van der Waals surface area contributed by atoms with Crippen LogP contribution in [0.5, 0.6) is 5.75 Å². The van der Waals surface area contributed by atoms with Crippen LogP contribution < -0.4 is 5.56 Å². The molecule has 1 fully saturated rings. The first-order chi connectivity index (χ1) is 15.0. The number of likely N-dealkylation sites (tertiary alicyclic amines) is 1. The molecule has 3 heterocycles. The summed E-state index contributed by atoms with van der Waals surface area (Å²) < 4.78 is 12.0. The second-order valence-electron chi connectivity index (χ2n) is 7.75. The Hall–Kier alpha value is -2.71. The van der Waals surface area contributed by atoms with Crippen LogP contribution in [0.2, 0.25) is 0 Å². The van der Waals surface area contributed by atoms with Crippen molar-refractivity contribution in [3.8, 4) is 5.75 Å². The monoisotopic (exact) mass is 429 g/mol. The largest absolute Gasteiger partial charge is 0.507 e. The lowest BCUT2D eigenvalue weighted by atomic mass is 9.93. The molecule has 8 nitrogen and oxygen atoms in total. The van der Waals surface area contributed by atoms with Crippen molar-refractivity contribution in [3.05, 3.63) is 57.8 Å². The fraction of sp³-hybridized carbons (Fsp3) is 0.522. The molecule has 3 rings (SSSR count). The standard InChI is InChI=1S/C23H31N3O5/c1-4-31-23(29)17-8-11-25(12-9-17)21(18-7-5-6-10-24-18)20-19(27)15-16(2)26(22(20)28)13-14-30-3/h5-7,10,15,17,21,27H,4,8-9,11-14H2,1-3H3/t21-/m0/s1. The lowest BCUT2D eigenvalue weighted by Gasteiger charge is -2.37. The Morgan fingerprint density at radius 2 is 2.06 bits per heavy atom. The van der Waals surface area contributed by atoms with Crippen LogP contribution in [0.25, 0.3) is 0 Å². The number of aromatic hydroxyl groups is 1. The second-order valence-corrected chi connectivity index (χ2v) is 7.75. The van der Waals surface area contributed by atoms with Gasteiger partial charge < -0.3 is 19.1 Å². The fourth-order valence-corrected chi connectivity index (χ4v) is 4.19. The zero-order valence-electron chi connectivity index (χ0n) is 18.4. The molecule has 31 heavy (non-hydrogen) atoms. The van der Waals surface area contributed by atoms with E-state index in [1.165, 1.54) is 0 Å². The van der Waals surface area contributed by atoms with Crippen LogP contribution in [0.3, 0.4) is 0 Å². The molecule has 0 bridgehead atoms. The third-order valence-corrected chi connectivity index (χ3v) is 5.80. The number of aryl methyl sites for hydroxylation is 1. The highest BCUT2D eigenvalue weighted by atomic mass is 16.5. The van der Waals surface area contributed by atoms with E-state index in [-0.39, 0.29) is 23.2 Å². The number of ether oxygens (including phenoxy) is 2. The van der Waals surface area contributed by atoms with Crippen LogP contribution in [0.1, 0.15) is 42.8 Å². The van der Waals surface area contributed by atoms with Gasteiger partial charge in [-0.2, -0.15) is 0 Å². The molecule has 0 aromatic carbocycles. The molecule has 1 atom stereocenters. The van der Waals surface area contributed by atoms with Gasteiger partial charge in [0.25, 0.3) is 5.56 Å². The molecule has 1 N–H and O–H groups in total. The predicted molar refractivity (Wildman–Crippen MR) is 116 cm³/mol. The van der Waals surface area contributed by atoms with Gasteiger partial charge in [-0.25, -0.2) is 0 Å². The summed E-state index contributed by atoms with van der Waals surface area (Å²) in [6, 6.07) is 6.66. The van der Waals surface area contributed by atoms with E-state index in [1.54, 1.807) is 37.8 Å². The summed E-state index contributed by atoms with van der Waals surface area (Å²) in [5, 5.41) is 10.8. The quantitative estimate of drug-likeness (QED) is 0.644. The first kappa shape index (κ1) is 23.0. The van der Waals surface area contributed by atoms with Crippen molar-refractivity contribution in [3.63, 3.8) is 0 Å². The van der Waals surface area contributed by atoms with E-state index in [4.69, 9.17) is 9.47 Å². The number of hydrogen-bond acceptors (Lipinski definition) is 7. The van der Waals surface area contributed by atoms with Crippen LogP contribution in [0.4, 0.5) is 0 Å². The Morgan fingerprint density at radius 3 is 2.68 bits per heavy atom. The number of nitrogens with zero attached hydrogens (tertiary/aromatic N) is 3. The van der Waals surface area contributed by atoms with Gasteiger partial charge in [-0.15, -0.1) is 0 Å². The Morgan fingerprint density at radius 1 is 1.32 bits per heavy atom. The lowest BCUT2D eigenvalue weighted by Crippen LogP contribution is -2.42. The number of rotatable bonds is 8. The van der Waals surface area contributed by atoms with E-state index in [9.17, 15) is 14.7 Å². The van der Waals surface area contributed by atoms with E-state index in [0.29, 0.717) is 62.6 Å². The molecule has 0 saturated carbocycles. The van der Waals surface area contributed by atoms with Crippen molar-refractivity contribution in [1.82, 2.24) is 14.5 Å². The minimum absolute atomic E-state index is 0.0423. The van der Waals surface area contributed by atoms with Crippen molar-refractivity contribution >= 4 is 5.97 Å². The van der Waals surface area contributed by atoms with Crippen LogP contribution in [-0.2, 0) is 20.8 Å². The van der Waals surface area contributed by atoms with Crippen LogP contribution in [0, 0.1) is 12.8 Å². The molecular weight excluding hydrogens is 398 g/mol. The van der Waals surface area contributed by atoms with Gasteiger partial charge in [0.1, 0.15) is 5.75 Å². The number of hydrogen-bond donors (Lipinski definition) is 1. The Labute approximate surface area is 182 Å². The molecule has 8 heteroatoms. The zero-order chi connectivity index (χ0) is 22.4. The Balaban J connectivity index is 1.99. The number of esters is 1. The summed E-state index contributed by atoms with van der Waals surface area (Å²) in [6.45, 7) is 5.94. The van der Waals surface area contributed by atoms with Crippen molar-refractivity contribution < 1.29 is 19.4 Å². The number of piperidine rings is 1. The minimum atomic E-state index is -0.508. The van der Waals surface area contributed by atoms with Gasteiger partial charge in [0.15, 0.2) is 0 Å². The summed E-state index contributed by atoms with van der Waals surface area (Å²) in [5.74, 6) is -0.360. The van der Waals surface area contributed by atoms with Gasteiger partial charge in [-0.1, -0.05) is 6.07 Å². The number of carbonyl (C=O) groups is 1. The number of carbonyl (C=O) groups excluding carboxylic acids is 1. The number of aromatic nitrogens is 2. The Bertz CT molecular complexity index is 936. The zero-order valence-corrected chi connectivity index (χ0v) is 18.4. The molecule has 2 aromatic rings. The third-order valence-electron chi connectivity index (χ3n) is 5.80. The minimum Gasteiger partial charge on any atom is -0.507 e. The van der Waals surface area contributed by atoms with Gasteiger partial charge in [0.05, 0.1) is 36.4 Å². The Kier molecular flexibility index (Phi) is 7.81. The van der Waals surface area contributed by atoms with Gasteiger partial charge in [-0.3, -0.25) is 19.5 Å². The predicted octanol–water partition coefficient (Wildman–Crippen LogP) is 2.27. The highest BCUT2D eigenvalue weighted by Crippen LogP contribution is 2.34. The molecule has 1 saturated heterocycles. The van der Waals surface area contributed by atoms with E-state index in [2.05, 4.69) is 9.88 Å². The summed E-state index contributed by atoms with van der Waals surface area (Å²) in [6.07, 6.45) is 2.95. The molecule has 0 spiro atoms. The molecule has 0 unspecified atom stereocenters.